The summed E-state index contributed by atoms with van der Waals surface area (Å²) in [6, 6.07) is 5.71. The van der Waals surface area contributed by atoms with Gasteiger partial charge in [-0.15, -0.1) is 0 Å². The van der Waals surface area contributed by atoms with Gasteiger partial charge in [-0.05, 0) is 37.1 Å². The molecule has 0 bridgehead atoms. The molecule has 0 heterocycles. The first-order chi connectivity index (χ1) is 8.12. The summed E-state index contributed by atoms with van der Waals surface area (Å²) in [5.41, 5.74) is 1.78. The highest BCUT2D eigenvalue weighted by Crippen LogP contribution is 2.24. The largest absolute Gasteiger partial charge is 0.496 e. The fourth-order valence-electron chi connectivity index (χ4n) is 1.73. The number of rotatable bonds is 5. The minimum atomic E-state index is 0.159. The van der Waals surface area contributed by atoms with Gasteiger partial charge in [-0.25, -0.2) is 0 Å². The van der Waals surface area contributed by atoms with E-state index in [9.17, 15) is 4.79 Å². The summed E-state index contributed by atoms with van der Waals surface area (Å²) < 4.78 is 6.21. The van der Waals surface area contributed by atoms with Gasteiger partial charge in [0.25, 0.3) is 0 Å². The van der Waals surface area contributed by atoms with Crippen LogP contribution in [0.3, 0.4) is 0 Å². The summed E-state index contributed by atoms with van der Waals surface area (Å²) in [6.07, 6.45) is 3.04. The van der Waals surface area contributed by atoms with Crippen LogP contribution in [0.15, 0.2) is 34.3 Å². The molecular formula is C14H17BrO2. The average molecular weight is 297 g/mol. The molecule has 92 valence electrons. The third-order valence-electron chi connectivity index (χ3n) is 2.68. The molecule has 0 fully saturated rings. The van der Waals surface area contributed by atoms with E-state index in [1.54, 1.807) is 7.11 Å². The second-order valence-corrected chi connectivity index (χ2v) is 4.64. The van der Waals surface area contributed by atoms with E-state index in [-0.39, 0.29) is 5.78 Å². The summed E-state index contributed by atoms with van der Waals surface area (Å²) in [7, 11) is 1.62. The predicted molar refractivity (Wildman–Crippen MR) is 73.5 cm³/mol. The fourth-order valence-corrected chi connectivity index (χ4v) is 2.14. The molecular weight excluding hydrogens is 280 g/mol. The SMILES string of the molecule is C/C=C(/CC)C(=O)Cc1cc(Br)ccc1OC. The van der Waals surface area contributed by atoms with E-state index in [2.05, 4.69) is 15.9 Å². The first-order valence-corrected chi connectivity index (χ1v) is 6.42. The predicted octanol–water partition coefficient (Wildman–Crippen LogP) is 3.93. The van der Waals surface area contributed by atoms with Crippen molar-refractivity contribution in [3.63, 3.8) is 0 Å². The topological polar surface area (TPSA) is 26.3 Å². The minimum Gasteiger partial charge on any atom is -0.496 e. The zero-order chi connectivity index (χ0) is 12.8. The van der Waals surface area contributed by atoms with Crippen molar-refractivity contribution >= 4 is 21.7 Å². The number of Topliss-reactive ketones (excluding diaryl/α,β-unsaturated/α-hetero) is 1. The van der Waals surface area contributed by atoms with Crippen molar-refractivity contribution in [2.24, 2.45) is 0 Å². The van der Waals surface area contributed by atoms with Crippen LogP contribution in [0.1, 0.15) is 25.8 Å². The van der Waals surface area contributed by atoms with Crippen molar-refractivity contribution in [1.29, 1.82) is 0 Å². The van der Waals surface area contributed by atoms with Gasteiger partial charge >= 0.3 is 0 Å². The maximum Gasteiger partial charge on any atom is 0.163 e. The molecule has 0 aliphatic rings. The smallest absolute Gasteiger partial charge is 0.163 e. The third kappa shape index (κ3) is 3.70. The van der Waals surface area contributed by atoms with Gasteiger partial charge in [0.15, 0.2) is 5.78 Å². The summed E-state index contributed by atoms with van der Waals surface area (Å²) in [4.78, 5) is 12.0. The number of benzene rings is 1. The Morgan fingerprint density at radius 2 is 2.18 bits per heavy atom. The second-order valence-electron chi connectivity index (χ2n) is 3.72. The summed E-state index contributed by atoms with van der Waals surface area (Å²) in [5, 5.41) is 0. The zero-order valence-corrected chi connectivity index (χ0v) is 12.0. The molecule has 0 aromatic heterocycles. The Morgan fingerprint density at radius 1 is 1.47 bits per heavy atom. The summed E-state index contributed by atoms with van der Waals surface area (Å²) >= 11 is 3.41. The molecule has 0 amide bonds. The standard InChI is InChI=1S/C14H17BrO2/c1-4-10(5-2)13(16)9-11-8-12(15)6-7-14(11)17-3/h4,6-8H,5,9H2,1-3H3/b10-4-. The number of allylic oxidation sites excluding steroid dienone is 2. The Labute approximate surface area is 111 Å². The first-order valence-electron chi connectivity index (χ1n) is 5.63. The Kier molecular flexibility index (Phi) is 5.42. The molecule has 1 aromatic carbocycles. The number of halogens is 1. The van der Waals surface area contributed by atoms with Crippen LogP contribution in [0.25, 0.3) is 0 Å². The van der Waals surface area contributed by atoms with Crippen molar-refractivity contribution in [3.8, 4) is 5.75 Å². The van der Waals surface area contributed by atoms with Crippen molar-refractivity contribution in [1.82, 2.24) is 0 Å². The van der Waals surface area contributed by atoms with Crippen molar-refractivity contribution in [2.75, 3.05) is 7.11 Å². The molecule has 0 saturated carbocycles. The molecule has 0 radical (unpaired) electrons. The maximum atomic E-state index is 12.0. The molecule has 0 atom stereocenters. The lowest BCUT2D eigenvalue weighted by molar-refractivity contribution is -0.115. The van der Waals surface area contributed by atoms with Crippen LogP contribution in [0.5, 0.6) is 5.75 Å². The highest BCUT2D eigenvalue weighted by Gasteiger charge is 2.11. The van der Waals surface area contributed by atoms with Crippen molar-refractivity contribution in [3.05, 3.63) is 39.9 Å². The van der Waals surface area contributed by atoms with Gasteiger partial charge in [-0.3, -0.25) is 4.79 Å². The number of carbonyl (C=O) groups excluding carboxylic acids is 1. The van der Waals surface area contributed by atoms with Crippen LogP contribution in [-0.2, 0) is 11.2 Å². The van der Waals surface area contributed by atoms with Gasteiger partial charge < -0.3 is 4.74 Å². The molecule has 1 aromatic rings. The maximum absolute atomic E-state index is 12.0. The monoisotopic (exact) mass is 296 g/mol. The Bertz CT molecular complexity index is 436. The van der Waals surface area contributed by atoms with Crippen LogP contribution in [0, 0.1) is 0 Å². The summed E-state index contributed by atoms with van der Waals surface area (Å²) in [5.74, 6) is 0.916. The van der Waals surface area contributed by atoms with E-state index < -0.39 is 0 Å². The average Bonchev–Trinajstić information content (AvgIpc) is 2.31. The highest BCUT2D eigenvalue weighted by atomic mass is 79.9. The number of ether oxygens (including phenoxy) is 1. The van der Waals surface area contributed by atoms with Gasteiger partial charge in [0.2, 0.25) is 0 Å². The summed E-state index contributed by atoms with van der Waals surface area (Å²) in [6.45, 7) is 3.89. The van der Waals surface area contributed by atoms with E-state index in [0.717, 1.165) is 27.8 Å². The molecule has 17 heavy (non-hydrogen) atoms. The van der Waals surface area contributed by atoms with Gasteiger partial charge in [-0.2, -0.15) is 0 Å². The normalized spacial score (nSPS) is 11.4. The molecule has 2 nitrogen and oxygen atoms in total. The van der Waals surface area contributed by atoms with Crippen LogP contribution in [-0.4, -0.2) is 12.9 Å². The number of hydrogen-bond acceptors (Lipinski definition) is 2. The Balaban J connectivity index is 2.94. The lowest BCUT2D eigenvalue weighted by Crippen LogP contribution is -2.07. The van der Waals surface area contributed by atoms with E-state index in [0.29, 0.717) is 6.42 Å². The first kappa shape index (κ1) is 14.0. The number of ketones is 1. The number of carbonyl (C=O) groups is 1. The third-order valence-corrected chi connectivity index (χ3v) is 3.17. The molecule has 0 saturated heterocycles. The van der Waals surface area contributed by atoms with Crippen LogP contribution in [0.4, 0.5) is 0 Å². The molecule has 0 unspecified atom stereocenters. The number of methoxy groups -OCH3 is 1. The molecule has 0 spiro atoms. The Hall–Kier alpha value is -1.09. The van der Waals surface area contributed by atoms with Crippen LogP contribution >= 0.6 is 15.9 Å². The van der Waals surface area contributed by atoms with E-state index in [1.165, 1.54) is 0 Å². The van der Waals surface area contributed by atoms with E-state index in [4.69, 9.17) is 4.74 Å². The van der Waals surface area contributed by atoms with Crippen LogP contribution in [0.2, 0.25) is 0 Å². The number of hydrogen-bond donors (Lipinski definition) is 0. The quantitative estimate of drug-likeness (QED) is 0.770. The molecule has 0 aliphatic heterocycles. The highest BCUT2D eigenvalue weighted by molar-refractivity contribution is 9.10. The van der Waals surface area contributed by atoms with Gasteiger partial charge in [-0.1, -0.05) is 28.9 Å². The molecule has 3 heteroatoms. The van der Waals surface area contributed by atoms with E-state index in [1.807, 2.05) is 38.1 Å². The van der Waals surface area contributed by atoms with Crippen LogP contribution < -0.4 is 4.74 Å². The zero-order valence-electron chi connectivity index (χ0n) is 10.4. The Morgan fingerprint density at radius 3 is 2.71 bits per heavy atom. The molecule has 0 N–H and O–H groups in total. The molecule has 0 aliphatic carbocycles. The van der Waals surface area contributed by atoms with E-state index >= 15 is 0 Å². The van der Waals surface area contributed by atoms with Crippen molar-refractivity contribution < 1.29 is 9.53 Å². The molecule has 1 rings (SSSR count). The lowest BCUT2D eigenvalue weighted by Gasteiger charge is -2.09. The van der Waals surface area contributed by atoms with Gasteiger partial charge in [0.1, 0.15) is 5.75 Å². The lowest BCUT2D eigenvalue weighted by atomic mass is 10.0. The van der Waals surface area contributed by atoms with Gasteiger partial charge in [0, 0.05) is 16.5 Å². The fraction of sp³-hybridized carbons (Fsp3) is 0.357. The minimum absolute atomic E-state index is 0.159. The van der Waals surface area contributed by atoms with Gasteiger partial charge in [0.05, 0.1) is 7.11 Å². The second kappa shape index (κ2) is 6.60. The van der Waals surface area contributed by atoms with Crippen molar-refractivity contribution in [2.45, 2.75) is 26.7 Å².